The van der Waals surface area contributed by atoms with Gasteiger partial charge in [-0.1, -0.05) is 12.1 Å². The summed E-state index contributed by atoms with van der Waals surface area (Å²) in [5.41, 5.74) is 2.45. The number of nitrogens with one attached hydrogen (secondary N) is 1. The van der Waals surface area contributed by atoms with Crippen molar-refractivity contribution in [1.82, 2.24) is 0 Å². The largest absolute Gasteiger partial charge is 0.380 e. The van der Waals surface area contributed by atoms with Crippen molar-refractivity contribution in [3.05, 3.63) is 69.3 Å². The fraction of sp³-hybridized carbons (Fsp3) is 0.188. The maximum atomic E-state index is 12.2. The Morgan fingerprint density at radius 2 is 2.05 bits per heavy atom. The molecule has 0 aliphatic rings. The lowest BCUT2D eigenvalue weighted by atomic mass is 10.1. The predicted molar refractivity (Wildman–Crippen MR) is 82.9 cm³/mol. The summed E-state index contributed by atoms with van der Waals surface area (Å²) in [7, 11) is 1.59. The molecular weight excluding hydrogens is 284 g/mol. The lowest BCUT2D eigenvalue weighted by Crippen LogP contribution is -2.12. The van der Waals surface area contributed by atoms with Crippen molar-refractivity contribution in [3.8, 4) is 0 Å². The third kappa shape index (κ3) is 3.67. The summed E-state index contributed by atoms with van der Waals surface area (Å²) in [5.74, 6) is -0.272. The van der Waals surface area contributed by atoms with Crippen LogP contribution in [0.5, 0.6) is 0 Å². The van der Waals surface area contributed by atoms with Crippen LogP contribution in [0.15, 0.2) is 42.5 Å². The van der Waals surface area contributed by atoms with Crippen molar-refractivity contribution in [1.29, 1.82) is 0 Å². The molecule has 0 fully saturated rings. The molecule has 114 valence electrons. The summed E-state index contributed by atoms with van der Waals surface area (Å²) in [4.78, 5) is 22.5. The first-order valence-corrected chi connectivity index (χ1v) is 6.65. The number of nitrogens with zero attached hydrogens (tertiary/aromatic N) is 1. The van der Waals surface area contributed by atoms with Crippen molar-refractivity contribution in [3.63, 3.8) is 0 Å². The van der Waals surface area contributed by atoms with Gasteiger partial charge in [0.15, 0.2) is 0 Å². The number of carbonyl (C=O) groups excluding carboxylic acids is 1. The van der Waals surface area contributed by atoms with Gasteiger partial charge in [0.2, 0.25) is 0 Å². The lowest BCUT2D eigenvalue weighted by Gasteiger charge is -2.08. The monoisotopic (exact) mass is 300 g/mol. The molecule has 0 aliphatic heterocycles. The van der Waals surface area contributed by atoms with Crippen molar-refractivity contribution in [2.24, 2.45) is 0 Å². The Bertz CT molecular complexity index is 713. The molecule has 22 heavy (non-hydrogen) atoms. The maximum Gasteiger partial charge on any atom is 0.272 e. The van der Waals surface area contributed by atoms with Gasteiger partial charge in [-0.25, -0.2) is 0 Å². The summed E-state index contributed by atoms with van der Waals surface area (Å²) in [6.07, 6.45) is 0. The molecule has 2 aromatic rings. The lowest BCUT2D eigenvalue weighted by molar-refractivity contribution is -0.385. The van der Waals surface area contributed by atoms with Crippen LogP contribution in [0.2, 0.25) is 0 Å². The minimum absolute atomic E-state index is 0.0279. The van der Waals surface area contributed by atoms with Crippen LogP contribution in [0.3, 0.4) is 0 Å². The average Bonchev–Trinajstić information content (AvgIpc) is 2.47. The molecule has 0 saturated carbocycles. The van der Waals surface area contributed by atoms with E-state index in [9.17, 15) is 14.9 Å². The average molecular weight is 300 g/mol. The van der Waals surface area contributed by atoms with Crippen LogP contribution in [-0.4, -0.2) is 17.9 Å². The second kappa shape index (κ2) is 6.82. The highest BCUT2D eigenvalue weighted by molar-refractivity contribution is 6.04. The number of aryl methyl sites for hydroxylation is 1. The van der Waals surface area contributed by atoms with Crippen LogP contribution in [0.25, 0.3) is 0 Å². The Morgan fingerprint density at radius 3 is 2.68 bits per heavy atom. The minimum atomic E-state index is -0.449. The van der Waals surface area contributed by atoms with Gasteiger partial charge in [0, 0.05) is 30.0 Å². The molecule has 0 spiro atoms. The first-order valence-electron chi connectivity index (χ1n) is 6.65. The highest BCUT2D eigenvalue weighted by Crippen LogP contribution is 2.22. The van der Waals surface area contributed by atoms with Gasteiger partial charge < -0.3 is 10.1 Å². The van der Waals surface area contributed by atoms with Crippen LogP contribution >= 0.6 is 0 Å². The quantitative estimate of drug-likeness (QED) is 0.678. The Balaban J connectivity index is 2.16. The van der Waals surface area contributed by atoms with E-state index in [1.54, 1.807) is 38.3 Å². The number of benzene rings is 2. The number of carbonyl (C=O) groups is 1. The van der Waals surface area contributed by atoms with E-state index in [4.69, 9.17) is 4.74 Å². The van der Waals surface area contributed by atoms with Crippen LogP contribution in [0.1, 0.15) is 21.5 Å². The number of rotatable bonds is 5. The number of anilines is 1. The fourth-order valence-electron chi connectivity index (χ4n) is 2.11. The second-order valence-corrected chi connectivity index (χ2v) is 4.85. The molecule has 0 atom stereocenters. The van der Waals surface area contributed by atoms with Gasteiger partial charge in [-0.05, 0) is 36.8 Å². The smallest absolute Gasteiger partial charge is 0.272 e. The maximum absolute atomic E-state index is 12.2. The topological polar surface area (TPSA) is 81.5 Å². The summed E-state index contributed by atoms with van der Waals surface area (Å²) < 4.78 is 5.04. The molecule has 1 N–H and O–H groups in total. The number of hydrogen-bond donors (Lipinski definition) is 1. The molecule has 6 heteroatoms. The first kappa shape index (κ1) is 15.7. The van der Waals surface area contributed by atoms with Crippen molar-refractivity contribution in [2.75, 3.05) is 12.4 Å². The number of amides is 1. The summed E-state index contributed by atoms with van der Waals surface area (Å²) in [6.45, 7) is 2.06. The molecule has 2 rings (SSSR count). The molecule has 0 aromatic heterocycles. The SMILES string of the molecule is COCc1cccc(C(=O)Nc2ccc([N+](=O)[O-])c(C)c2)c1. The summed E-state index contributed by atoms with van der Waals surface area (Å²) in [5, 5.41) is 13.5. The van der Waals surface area contributed by atoms with Gasteiger partial charge in [0.25, 0.3) is 11.6 Å². The zero-order valence-corrected chi connectivity index (χ0v) is 12.3. The van der Waals surface area contributed by atoms with E-state index in [0.29, 0.717) is 23.4 Å². The van der Waals surface area contributed by atoms with E-state index in [0.717, 1.165) is 5.56 Å². The van der Waals surface area contributed by atoms with E-state index in [1.807, 2.05) is 6.07 Å². The molecule has 2 aromatic carbocycles. The Labute approximate surface area is 127 Å². The molecule has 0 heterocycles. The van der Waals surface area contributed by atoms with Gasteiger partial charge in [-0.15, -0.1) is 0 Å². The molecule has 6 nitrogen and oxygen atoms in total. The highest BCUT2D eigenvalue weighted by atomic mass is 16.6. The molecule has 0 aliphatic carbocycles. The molecule has 0 unspecified atom stereocenters. The Morgan fingerprint density at radius 1 is 1.27 bits per heavy atom. The van der Waals surface area contributed by atoms with Gasteiger partial charge in [0.1, 0.15) is 0 Å². The van der Waals surface area contributed by atoms with E-state index in [-0.39, 0.29) is 11.6 Å². The number of methoxy groups -OCH3 is 1. The number of ether oxygens (including phenoxy) is 1. The fourth-order valence-corrected chi connectivity index (χ4v) is 2.11. The number of nitro benzene ring substituents is 1. The summed E-state index contributed by atoms with van der Waals surface area (Å²) in [6, 6.07) is 11.6. The highest BCUT2D eigenvalue weighted by Gasteiger charge is 2.12. The van der Waals surface area contributed by atoms with Crippen LogP contribution in [0.4, 0.5) is 11.4 Å². The number of nitro groups is 1. The Hall–Kier alpha value is -2.73. The van der Waals surface area contributed by atoms with Gasteiger partial charge in [-0.3, -0.25) is 14.9 Å². The zero-order chi connectivity index (χ0) is 16.1. The van der Waals surface area contributed by atoms with Gasteiger partial charge in [-0.2, -0.15) is 0 Å². The van der Waals surface area contributed by atoms with E-state index in [1.165, 1.54) is 12.1 Å². The molecule has 1 amide bonds. The van der Waals surface area contributed by atoms with Crippen LogP contribution in [-0.2, 0) is 11.3 Å². The van der Waals surface area contributed by atoms with E-state index in [2.05, 4.69) is 5.32 Å². The van der Waals surface area contributed by atoms with E-state index >= 15 is 0 Å². The second-order valence-electron chi connectivity index (χ2n) is 4.85. The minimum Gasteiger partial charge on any atom is -0.380 e. The normalized spacial score (nSPS) is 10.3. The predicted octanol–water partition coefficient (Wildman–Crippen LogP) is 3.30. The third-order valence-electron chi connectivity index (χ3n) is 3.15. The standard InChI is InChI=1S/C16H16N2O4/c1-11-8-14(6-7-15(11)18(20)21)17-16(19)13-5-3-4-12(9-13)10-22-2/h3-9H,10H2,1-2H3,(H,17,19). The third-order valence-corrected chi connectivity index (χ3v) is 3.15. The van der Waals surface area contributed by atoms with Crippen molar-refractivity contribution < 1.29 is 14.5 Å². The molecule has 0 saturated heterocycles. The zero-order valence-electron chi connectivity index (χ0n) is 12.3. The summed E-state index contributed by atoms with van der Waals surface area (Å²) >= 11 is 0. The van der Waals surface area contributed by atoms with E-state index < -0.39 is 4.92 Å². The first-order chi connectivity index (χ1) is 10.5. The molecule has 0 bridgehead atoms. The van der Waals surface area contributed by atoms with Crippen molar-refractivity contribution in [2.45, 2.75) is 13.5 Å². The number of hydrogen-bond acceptors (Lipinski definition) is 4. The Kier molecular flexibility index (Phi) is 4.85. The van der Waals surface area contributed by atoms with Crippen LogP contribution in [0, 0.1) is 17.0 Å². The van der Waals surface area contributed by atoms with Crippen LogP contribution < -0.4 is 5.32 Å². The van der Waals surface area contributed by atoms with Gasteiger partial charge >= 0.3 is 0 Å². The van der Waals surface area contributed by atoms with Crippen molar-refractivity contribution >= 4 is 17.3 Å². The van der Waals surface area contributed by atoms with Gasteiger partial charge in [0.05, 0.1) is 11.5 Å². The molecule has 0 radical (unpaired) electrons. The molecular formula is C16H16N2O4.